The highest BCUT2D eigenvalue weighted by Gasteiger charge is 2.41. The highest BCUT2D eigenvalue weighted by atomic mass is 19.4. The van der Waals surface area contributed by atoms with Gasteiger partial charge in [0.15, 0.2) is 5.82 Å². The Labute approximate surface area is 160 Å². The first-order chi connectivity index (χ1) is 13.4. The number of allylic oxidation sites excluding steroid dienone is 1. The van der Waals surface area contributed by atoms with Crippen molar-refractivity contribution in [3.05, 3.63) is 11.9 Å². The molecule has 1 aromatic heterocycles. The number of hydrogen-bond donors (Lipinski definition) is 3. The van der Waals surface area contributed by atoms with Gasteiger partial charge in [-0.1, -0.05) is 0 Å². The molecule has 1 aliphatic carbocycles. The van der Waals surface area contributed by atoms with Crippen molar-refractivity contribution < 1.29 is 41.6 Å². The second kappa shape index (κ2) is 7.88. The van der Waals surface area contributed by atoms with Crippen molar-refractivity contribution in [3.63, 3.8) is 0 Å². The summed E-state index contributed by atoms with van der Waals surface area (Å²) in [5.74, 6) is -5.91. The lowest BCUT2D eigenvalue weighted by molar-refractivity contribution is -0.139. The normalized spacial score (nSPS) is 24.9. The smallest absolute Gasteiger partial charge is 0.383 e. The van der Waals surface area contributed by atoms with Crippen LogP contribution in [-0.4, -0.2) is 56.5 Å². The highest BCUT2D eigenvalue weighted by molar-refractivity contribution is 5.63. The Kier molecular flexibility index (Phi) is 5.83. The predicted molar refractivity (Wildman–Crippen MR) is 86.3 cm³/mol. The zero-order valence-electron chi connectivity index (χ0n) is 16.0. The van der Waals surface area contributed by atoms with Gasteiger partial charge in [0.1, 0.15) is 18.2 Å². The first-order valence-corrected chi connectivity index (χ1v) is 8.17. The summed E-state index contributed by atoms with van der Waals surface area (Å²) in [5.41, 5.74) is -0.258. The standard InChI is InChI=1S/C15H17F8N5O/c1-6(14(18,19)20)24-11-26-10(8-3-4-13(16,17)9(29)5-8)27-12(28-11)25-7(2)15(21,22)23/h5-7,9,29H,3-4H2,1-2H3,(H2,24,25,26,27,28)/t6-,7?,9?/m1/s1/i9D. The van der Waals surface area contributed by atoms with E-state index < -0.39 is 67.0 Å². The minimum absolute atomic E-state index is 0.258. The fourth-order valence-corrected chi connectivity index (χ4v) is 2.14. The molecular weight excluding hydrogens is 418 g/mol. The molecule has 3 atom stereocenters. The van der Waals surface area contributed by atoms with Crippen LogP contribution in [0.3, 0.4) is 0 Å². The van der Waals surface area contributed by atoms with Crippen LogP contribution in [-0.2, 0) is 0 Å². The average Bonchev–Trinajstić information content (AvgIpc) is 2.55. The molecular formula is C15H17F8N5O. The molecule has 0 saturated heterocycles. The zero-order chi connectivity index (χ0) is 23.1. The topological polar surface area (TPSA) is 83.0 Å². The van der Waals surface area contributed by atoms with Crippen molar-refractivity contribution in [2.24, 2.45) is 0 Å². The number of anilines is 2. The molecule has 1 aromatic rings. The third-order valence-electron chi connectivity index (χ3n) is 3.99. The quantitative estimate of drug-likeness (QED) is 0.610. The number of aliphatic hydroxyl groups is 1. The number of aromatic nitrogens is 3. The van der Waals surface area contributed by atoms with Crippen LogP contribution >= 0.6 is 0 Å². The van der Waals surface area contributed by atoms with Gasteiger partial charge in [0.05, 0.1) is 1.37 Å². The molecule has 2 rings (SSSR count). The molecule has 0 amide bonds. The van der Waals surface area contributed by atoms with E-state index in [1.807, 2.05) is 10.6 Å². The summed E-state index contributed by atoms with van der Waals surface area (Å²) in [6.45, 7) is 1.41. The molecule has 0 saturated carbocycles. The summed E-state index contributed by atoms with van der Waals surface area (Å²) in [5, 5.41) is 13.3. The van der Waals surface area contributed by atoms with Crippen LogP contribution in [0.5, 0.6) is 0 Å². The second-order valence-electron chi connectivity index (χ2n) is 6.38. The van der Waals surface area contributed by atoms with E-state index in [2.05, 4.69) is 15.0 Å². The van der Waals surface area contributed by atoms with Gasteiger partial charge in [0.25, 0.3) is 5.92 Å². The minimum atomic E-state index is -4.74. The first-order valence-electron chi connectivity index (χ1n) is 8.67. The third kappa shape index (κ3) is 5.87. The molecule has 0 aromatic carbocycles. The molecule has 0 radical (unpaired) electrons. The van der Waals surface area contributed by atoms with E-state index in [1.54, 1.807) is 0 Å². The van der Waals surface area contributed by atoms with Crippen molar-refractivity contribution in [1.82, 2.24) is 15.0 Å². The summed E-state index contributed by atoms with van der Waals surface area (Å²) in [7, 11) is 0. The van der Waals surface area contributed by atoms with Gasteiger partial charge in [0, 0.05) is 6.42 Å². The van der Waals surface area contributed by atoms with Crippen molar-refractivity contribution in [2.45, 2.75) is 63.1 Å². The summed E-state index contributed by atoms with van der Waals surface area (Å²) in [6, 6.07) is -4.39. The molecule has 0 fully saturated rings. The van der Waals surface area contributed by atoms with Crippen molar-refractivity contribution >= 4 is 17.5 Å². The van der Waals surface area contributed by atoms with Crippen LogP contribution in [0.4, 0.5) is 47.0 Å². The Morgan fingerprint density at radius 2 is 1.48 bits per heavy atom. The van der Waals surface area contributed by atoms with Crippen molar-refractivity contribution in [1.29, 1.82) is 0 Å². The fourth-order valence-electron chi connectivity index (χ4n) is 2.14. The summed E-state index contributed by atoms with van der Waals surface area (Å²) in [6.07, 6.45) is -13.9. The van der Waals surface area contributed by atoms with Crippen molar-refractivity contribution in [2.75, 3.05) is 10.6 Å². The maximum Gasteiger partial charge on any atom is 0.408 e. The molecule has 0 aliphatic heterocycles. The van der Waals surface area contributed by atoms with Crippen LogP contribution in [0.15, 0.2) is 6.08 Å². The van der Waals surface area contributed by atoms with Gasteiger partial charge < -0.3 is 15.7 Å². The monoisotopic (exact) mass is 436 g/mol. The van der Waals surface area contributed by atoms with Gasteiger partial charge in [0.2, 0.25) is 11.9 Å². The number of halogens is 8. The maximum absolute atomic E-state index is 13.6. The lowest BCUT2D eigenvalue weighted by Gasteiger charge is -2.26. The van der Waals surface area contributed by atoms with Gasteiger partial charge in [-0.15, -0.1) is 0 Å². The zero-order valence-corrected chi connectivity index (χ0v) is 15.0. The Balaban J connectivity index is 2.47. The number of alkyl halides is 8. The largest absolute Gasteiger partial charge is 0.408 e. The van der Waals surface area contributed by atoms with Crippen LogP contribution in [0.1, 0.15) is 33.9 Å². The Morgan fingerprint density at radius 1 is 1.03 bits per heavy atom. The Hall–Kier alpha value is -2.25. The summed E-state index contributed by atoms with van der Waals surface area (Å²) < 4.78 is 111. The van der Waals surface area contributed by atoms with E-state index in [9.17, 15) is 40.2 Å². The molecule has 3 N–H and O–H groups in total. The van der Waals surface area contributed by atoms with E-state index >= 15 is 0 Å². The van der Waals surface area contributed by atoms with Gasteiger partial charge in [-0.05, 0) is 31.9 Å². The Bertz CT molecular complexity index is 771. The molecule has 1 heterocycles. The second-order valence-corrected chi connectivity index (χ2v) is 6.38. The van der Waals surface area contributed by atoms with Crippen LogP contribution in [0.2, 0.25) is 0 Å². The van der Waals surface area contributed by atoms with E-state index in [-0.39, 0.29) is 5.57 Å². The van der Waals surface area contributed by atoms with Crippen molar-refractivity contribution in [3.8, 4) is 0 Å². The molecule has 0 bridgehead atoms. The predicted octanol–water partition coefficient (Wildman–Crippen LogP) is 3.77. The molecule has 0 spiro atoms. The van der Waals surface area contributed by atoms with Gasteiger partial charge >= 0.3 is 12.4 Å². The highest BCUT2D eigenvalue weighted by Crippen LogP contribution is 2.36. The third-order valence-corrected chi connectivity index (χ3v) is 3.99. The van der Waals surface area contributed by atoms with E-state index in [4.69, 9.17) is 1.37 Å². The van der Waals surface area contributed by atoms with E-state index in [0.717, 1.165) is 0 Å². The van der Waals surface area contributed by atoms with Gasteiger partial charge in [-0.25, -0.2) is 8.78 Å². The number of hydrogen-bond acceptors (Lipinski definition) is 6. The molecule has 1 aliphatic rings. The van der Waals surface area contributed by atoms with Crippen LogP contribution in [0, 0.1) is 0 Å². The average molecular weight is 436 g/mol. The molecule has 164 valence electrons. The lowest BCUT2D eigenvalue weighted by Crippen LogP contribution is -2.36. The summed E-state index contributed by atoms with van der Waals surface area (Å²) in [4.78, 5) is 10.7. The first kappa shape index (κ1) is 21.5. The summed E-state index contributed by atoms with van der Waals surface area (Å²) >= 11 is 0. The fraction of sp³-hybridized carbons (Fsp3) is 0.667. The van der Waals surface area contributed by atoms with Crippen LogP contribution < -0.4 is 10.6 Å². The van der Waals surface area contributed by atoms with E-state index in [0.29, 0.717) is 19.9 Å². The molecule has 29 heavy (non-hydrogen) atoms. The van der Waals surface area contributed by atoms with Crippen LogP contribution in [0.25, 0.3) is 5.57 Å². The lowest BCUT2D eigenvalue weighted by atomic mass is 9.93. The molecule has 6 nitrogen and oxygen atoms in total. The molecule has 14 heteroatoms. The molecule has 2 unspecified atom stereocenters. The number of rotatable bonds is 5. The number of nitrogens with zero attached hydrogens (tertiary/aromatic N) is 3. The maximum atomic E-state index is 13.6. The minimum Gasteiger partial charge on any atom is -0.383 e. The van der Waals surface area contributed by atoms with Gasteiger partial charge in [-0.3, -0.25) is 0 Å². The number of nitrogens with one attached hydrogen (secondary N) is 2. The SMILES string of the molecule is [2H]C1(O)C=C(c2nc(NC(C)C(F)(F)F)nc(N[C@H](C)C(F)(F)F)n2)CCC1(F)F. The van der Waals surface area contributed by atoms with Gasteiger partial charge in [-0.2, -0.15) is 41.3 Å². The van der Waals surface area contributed by atoms with E-state index in [1.165, 1.54) is 0 Å². The Morgan fingerprint density at radius 3 is 1.86 bits per heavy atom.